The summed E-state index contributed by atoms with van der Waals surface area (Å²) in [5.41, 5.74) is 3.80. The molecule has 0 radical (unpaired) electrons. The third kappa shape index (κ3) is 3.59. The van der Waals surface area contributed by atoms with Gasteiger partial charge in [-0.15, -0.1) is 0 Å². The Morgan fingerprint density at radius 2 is 1.83 bits per heavy atom. The van der Waals surface area contributed by atoms with Gasteiger partial charge in [0.15, 0.2) is 0 Å². The highest BCUT2D eigenvalue weighted by Crippen LogP contribution is 2.50. The number of nitrogens with zero attached hydrogens (tertiary/aromatic N) is 1. The second-order valence-electron chi connectivity index (χ2n) is 8.87. The van der Waals surface area contributed by atoms with Gasteiger partial charge in [-0.05, 0) is 80.3 Å². The molecule has 2 aromatic carbocycles. The van der Waals surface area contributed by atoms with E-state index in [4.69, 9.17) is 16.0 Å². The fourth-order valence-corrected chi connectivity index (χ4v) is 4.89. The van der Waals surface area contributed by atoms with Gasteiger partial charge >= 0.3 is 0 Å². The molecule has 1 aliphatic rings. The predicted octanol–water partition coefficient (Wildman–Crippen LogP) is 6.78. The summed E-state index contributed by atoms with van der Waals surface area (Å²) in [6.07, 6.45) is 5.71. The number of hydrogen-bond donors (Lipinski definition) is 0. The first-order valence-corrected chi connectivity index (χ1v) is 10.5. The maximum atomic E-state index is 13.4. The van der Waals surface area contributed by atoms with Crippen LogP contribution in [0, 0.1) is 6.92 Å². The number of carbonyl (C=O) groups is 1. The summed E-state index contributed by atoms with van der Waals surface area (Å²) in [5.74, 6) is 0.607. The molecule has 0 aliphatic carbocycles. The maximum Gasteiger partial charge on any atom is 0.251 e. The zero-order valence-corrected chi connectivity index (χ0v) is 18.5. The van der Waals surface area contributed by atoms with Crippen molar-refractivity contribution in [3.8, 4) is 0 Å². The van der Waals surface area contributed by atoms with Gasteiger partial charge in [-0.25, -0.2) is 0 Å². The molecule has 3 nitrogen and oxygen atoms in total. The van der Waals surface area contributed by atoms with Gasteiger partial charge in [0.1, 0.15) is 5.76 Å². The van der Waals surface area contributed by atoms with Gasteiger partial charge in [-0.2, -0.15) is 0 Å². The minimum atomic E-state index is -0.389. The average Bonchev–Trinajstić information content (AvgIpc) is 3.19. The maximum absolute atomic E-state index is 13.4. The Balaban J connectivity index is 1.83. The van der Waals surface area contributed by atoms with Gasteiger partial charge in [-0.3, -0.25) is 4.79 Å². The van der Waals surface area contributed by atoms with E-state index in [1.165, 1.54) is 5.56 Å². The van der Waals surface area contributed by atoms with E-state index in [1.807, 2.05) is 29.2 Å². The van der Waals surface area contributed by atoms with Crippen molar-refractivity contribution in [2.45, 2.75) is 45.1 Å². The quantitative estimate of drug-likeness (QED) is 0.438. The average molecular weight is 420 g/mol. The van der Waals surface area contributed by atoms with Gasteiger partial charge in [0.2, 0.25) is 0 Å². The number of aryl methyl sites for hydroxylation is 1. The van der Waals surface area contributed by atoms with E-state index in [9.17, 15) is 4.79 Å². The van der Waals surface area contributed by atoms with Gasteiger partial charge in [-0.1, -0.05) is 42.8 Å². The molecule has 0 N–H and O–H groups in total. The topological polar surface area (TPSA) is 33.5 Å². The van der Waals surface area contributed by atoms with Crippen LogP contribution in [0.3, 0.4) is 0 Å². The van der Waals surface area contributed by atoms with Crippen molar-refractivity contribution >= 4 is 29.3 Å². The summed E-state index contributed by atoms with van der Waals surface area (Å²) < 4.78 is 5.34. The van der Waals surface area contributed by atoms with Crippen molar-refractivity contribution in [3.05, 3.63) is 94.4 Å². The highest BCUT2D eigenvalue weighted by atomic mass is 35.5. The van der Waals surface area contributed by atoms with Crippen molar-refractivity contribution in [1.82, 2.24) is 0 Å². The molecule has 0 spiro atoms. The molecule has 1 atom stereocenters. The first-order valence-electron chi connectivity index (χ1n) is 10.1. The lowest BCUT2D eigenvalue weighted by Gasteiger charge is -2.51. The van der Waals surface area contributed by atoms with E-state index in [0.29, 0.717) is 5.76 Å². The molecule has 4 heteroatoms. The Kier molecular flexibility index (Phi) is 5.11. The largest absolute Gasteiger partial charge is 0.465 e. The van der Waals surface area contributed by atoms with E-state index in [0.717, 1.165) is 28.3 Å². The van der Waals surface area contributed by atoms with E-state index < -0.39 is 0 Å². The molecule has 1 amide bonds. The molecule has 0 unspecified atom stereocenters. The Morgan fingerprint density at radius 1 is 1.10 bits per heavy atom. The lowest BCUT2D eigenvalue weighted by Crippen LogP contribution is -2.55. The third-order valence-electron chi connectivity index (χ3n) is 6.02. The summed E-state index contributed by atoms with van der Waals surface area (Å²) in [5, 5.41) is 0.724. The van der Waals surface area contributed by atoms with E-state index >= 15 is 0 Å². The number of furan rings is 1. The van der Waals surface area contributed by atoms with Crippen LogP contribution in [0.4, 0.5) is 5.69 Å². The van der Waals surface area contributed by atoms with E-state index in [1.54, 1.807) is 18.4 Å². The van der Waals surface area contributed by atoms with Crippen molar-refractivity contribution in [2.75, 3.05) is 4.90 Å². The monoisotopic (exact) mass is 419 g/mol. The molecule has 1 aromatic heterocycles. The predicted molar refractivity (Wildman–Crippen MR) is 123 cm³/mol. The second-order valence-corrected chi connectivity index (χ2v) is 9.31. The molecule has 2 heterocycles. The fourth-order valence-electron chi connectivity index (χ4n) is 4.77. The molecular weight excluding hydrogens is 394 g/mol. The van der Waals surface area contributed by atoms with Crippen LogP contribution in [0.5, 0.6) is 0 Å². The van der Waals surface area contributed by atoms with Gasteiger partial charge in [0.25, 0.3) is 5.91 Å². The van der Waals surface area contributed by atoms with Crippen LogP contribution in [0.2, 0.25) is 5.02 Å². The number of rotatable bonds is 3. The van der Waals surface area contributed by atoms with Crippen molar-refractivity contribution < 1.29 is 9.21 Å². The minimum absolute atomic E-state index is 0.0543. The Bertz CT molecular complexity index is 1100. The SMILES string of the molecule is Cc1ccc2c(c1)N(C(=O)/C=C/c1ccco1)C(C)(C)C[C@]2(C)c1ccc(Cl)cc1. The van der Waals surface area contributed by atoms with Crippen LogP contribution in [0.15, 0.2) is 71.4 Å². The van der Waals surface area contributed by atoms with Crippen LogP contribution in [-0.4, -0.2) is 11.4 Å². The number of benzene rings is 2. The molecule has 0 fully saturated rings. The van der Waals surface area contributed by atoms with Crippen molar-refractivity contribution in [3.63, 3.8) is 0 Å². The normalized spacial score (nSPS) is 20.4. The third-order valence-corrected chi connectivity index (χ3v) is 6.27. The first-order chi connectivity index (χ1) is 14.2. The summed E-state index contributed by atoms with van der Waals surface area (Å²) in [6, 6.07) is 18.1. The van der Waals surface area contributed by atoms with Gasteiger partial charge in [0, 0.05) is 27.7 Å². The standard InChI is InChI=1S/C26H26ClNO2/c1-18-7-13-22-23(16-18)28(24(29)14-12-21-6-5-15-30-21)25(2,3)17-26(22,4)19-8-10-20(27)11-9-19/h5-16H,17H2,1-4H3/b14-12+/t26-/m1/s1. The van der Waals surface area contributed by atoms with E-state index in [-0.39, 0.29) is 16.9 Å². The highest BCUT2D eigenvalue weighted by Gasteiger charge is 2.47. The smallest absolute Gasteiger partial charge is 0.251 e. The molecule has 4 rings (SSSR count). The number of anilines is 1. The zero-order chi connectivity index (χ0) is 21.5. The molecule has 0 bridgehead atoms. The van der Waals surface area contributed by atoms with E-state index in [2.05, 4.69) is 58.0 Å². The lowest BCUT2D eigenvalue weighted by molar-refractivity contribution is -0.115. The number of hydrogen-bond acceptors (Lipinski definition) is 2. The fraction of sp³-hybridized carbons (Fsp3) is 0.269. The number of halogens is 1. The number of carbonyl (C=O) groups excluding carboxylic acids is 1. The van der Waals surface area contributed by atoms with Crippen molar-refractivity contribution in [1.29, 1.82) is 0 Å². The summed E-state index contributed by atoms with van der Waals surface area (Å²) >= 11 is 6.15. The number of fused-ring (bicyclic) bond motifs is 1. The Morgan fingerprint density at radius 3 is 2.50 bits per heavy atom. The summed E-state index contributed by atoms with van der Waals surface area (Å²) in [6.45, 7) is 8.58. The molecule has 30 heavy (non-hydrogen) atoms. The lowest BCUT2D eigenvalue weighted by atomic mass is 9.65. The molecule has 0 saturated heterocycles. The minimum Gasteiger partial charge on any atom is -0.465 e. The van der Waals surface area contributed by atoms with Crippen LogP contribution in [-0.2, 0) is 10.2 Å². The number of amides is 1. The summed E-state index contributed by atoms with van der Waals surface area (Å²) in [7, 11) is 0. The molecular formula is C26H26ClNO2. The highest BCUT2D eigenvalue weighted by molar-refractivity contribution is 6.30. The van der Waals surface area contributed by atoms with Crippen LogP contribution < -0.4 is 4.90 Å². The van der Waals surface area contributed by atoms with Crippen LogP contribution >= 0.6 is 11.6 Å². The van der Waals surface area contributed by atoms with Gasteiger partial charge < -0.3 is 9.32 Å². The molecule has 3 aromatic rings. The Labute approximate surface area is 183 Å². The second kappa shape index (κ2) is 7.48. The van der Waals surface area contributed by atoms with Crippen LogP contribution in [0.1, 0.15) is 49.6 Å². The summed E-state index contributed by atoms with van der Waals surface area (Å²) in [4.78, 5) is 15.3. The van der Waals surface area contributed by atoms with Crippen LogP contribution in [0.25, 0.3) is 6.08 Å². The Hall–Kier alpha value is -2.78. The zero-order valence-electron chi connectivity index (χ0n) is 17.8. The van der Waals surface area contributed by atoms with Crippen molar-refractivity contribution in [2.24, 2.45) is 0 Å². The van der Waals surface area contributed by atoms with Gasteiger partial charge in [0.05, 0.1) is 6.26 Å². The molecule has 1 aliphatic heterocycles. The molecule has 154 valence electrons. The first kappa shape index (κ1) is 20.5. The molecule has 0 saturated carbocycles.